The molecule has 2 rings (SSSR count). The monoisotopic (exact) mass is 389 g/mol. The third-order valence-electron chi connectivity index (χ3n) is 3.41. The van der Waals surface area contributed by atoms with Crippen LogP contribution in [-0.2, 0) is 9.59 Å². The lowest BCUT2D eigenvalue weighted by molar-refractivity contribution is -0.167. The van der Waals surface area contributed by atoms with E-state index >= 15 is 0 Å². The van der Waals surface area contributed by atoms with Gasteiger partial charge in [-0.1, -0.05) is 18.2 Å². The molecule has 28 heavy (non-hydrogen) atoms. The molecule has 6 nitrogen and oxygen atoms in total. The molecule has 0 aliphatic rings. The summed E-state index contributed by atoms with van der Waals surface area (Å²) in [5.41, 5.74) is 0.262. The Hall–Kier alpha value is -3.80. The molecule has 0 spiro atoms. The van der Waals surface area contributed by atoms with Gasteiger partial charge in [-0.15, -0.1) is 0 Å². The van der Waals surface area contributed by atoms with Gasteiger partial charge in [0, 0.05) is 17.4 Å². The summed E-state index contributed by atoms with van der Waals surface area (Å²) in [7, 11) is 1.46. The summed E-state index contributed by atoms with van der Waals surface area (Å²) in [6, 6.07) is 13.5. The summed E-state index contributed by atoms with van der Waals surface area (Å²) in [5.74, 6) is -2.32. The second kappa shape index (κ2) is 8.73. The molecule has 0 unspecified atom stereocenters. The van der Waals surface area contributed by atoms with Crippen molar-refractivity contribution in [1.82, 2.24) is 0 Å². The largest absolute Gasteiger partial charge is 0.497 e. The van der Waals surface area contributed by atoms with Crippen molar-refractivity contribution in [2.24, 2.45) is 0 Å². The molecule has 0 saturated heterocycles. The van der Waals surface area contributed by atoms with Crippen LogP contribution in [0.2, 0.25) is 0 Å². The minimum absolute atomic E-state index is 0.124. The number of ether oxygens (including phenoxy) is 1. The second-order valence-corrected chi connectivity index (χ2v) is 5.43. The van der Waals surface area contributed by atoms with Crippen LogP contribution in [0.4, 0.5) is 24.5 Å². The normalized spacial score (nSPS) is 11.3. The number of rotatable bonds is 5. The molecule has 0 heterocycles. The Bertz CT molecular complexity index is 963. The molecule has 2 N–H and O–H groups in total. The van der Waals surface area contributed by atoms with E-state index in [-0.39, 0.29) is 16.8 Å². The number of methoxy groups -OCH3 is 1. The van der Waals surface area contributed by atoms with Crippen LogP contribution in [0.3, 0.4) is 0 Å². The van der Waals surface area contributed by atoms with Crippen molar-refractivity contribution in [3.05, 3.63) is 59.7 Å². The molecule has 2 aromatic rings. The third kappa shape index (κ3) is 5.60. The maximum absolute atomic E-state index is 12.3. The van der Waals surface area contributed by atoms with E-state index in [1.807, 2.05) is 0 Å². The first-order valence-corrected chi connectivity index (χ1v) is 7.78. The van der Waals surface area contributed by atoms with Crippen LogP contribution in [0, 0.1) is 11.3 Å². The minimum atomic E-state index is -5.03. The van der Waals surface area contributed by atoms with Gasteiger partial charge in [0.1, 0.15) is 17.4 Å². The van der Waals surface area contributed by atoms with Crippen molar-refractivity contribution in [1.29, 1.82) is 5.26 Å². The number of carbonyl (C=O) groups is 2. The van der Waals surface area contributed by atoms with Crippen molar-refractivity contribution < 1.29 is 27.5 Å². The van der Waals surface area contributed by atoms with Crippen LogP contribution < -0.4 is 15.4 Å². The fraction of sp³-hybridized carbons (Fsp3) is 0.105. The van der Waals surface area contributed by atoms with Gasteiger partial charge in [0.05, 0.1) is 7.11 Å². The first-order chi connectivity index (χ1) is 13.2. The Labute approximate surface area is 158 Å². The first-order valence-electron chi connectivity index (χ1n) is 7.78. The van der Waals surface area contributed by atoms with Gasteiger partial charge in [0.2, 0.25) is 0 Å². The number of nitriles is 1. The number of carbonyl (C=O) groups excluding carboxylic acids is 2. The van der Waals surface area contributed by atoms with E-state index in [1.165, 1.54) is 37.5 Å². The molecule has 0 saturated carbocycles. The van der Waals surface area contributed by atoms with Crippen molar-refractivity contribution in [3.8, 4) is 11.8 Å². The SMILES string of the molecule is COc1cccc(NC(=O)/C(C#N)=C/c2cccc(NC(=O)C(F)(F)F)c2)c1. The molecule has 2 amide bonds. The second-order valence-electron chi connectivity index (χ2n) is 5.43. The van der Waals surface area contributed by atoms with E-state index in [0.29, 0.717) is 11.4 Å². The summed E-state index contributed by atoms with van der Waals surface area (Å²) in [6.45, 7) is 0. The number of benzene rings is 2. The molecule has 144 valence electrons. The zero-order valence-corrected chi connectivity index (χ0v) is 14.5. The molecular weight excluding hydrogens is 375 g/mol. The van der Waals surface area contributed by atoms with Crippen molar-refractivity contribution >= 4 is 29.3 Å². The smallest absolute Gasteiger partial charge is 0.471 e. The van der Waals surface area contributed by atoms with E-state index in [4.69, 9.17) is 4.74 Å². The lowest BCUT2D eigenvalue weighted by Crippen LogP contribution is -2.29. The quantitative estimate of drug-likeness (QED) is 0.602. The number of hydrogen-bond acceptors (Lipinski definition) is 4. The molecule has 0 aliphatic carbocycles. The van der Waals surface area contributed by atoms with E-state index in [9.17, 15) is 28.0 Å². The topological polar surface area (TPSA) is 91.2 Å². The highest BCUT2D eigenvalue weighted by atomic mass is 19.4. The van der Waals surface area contributed by atoms with Gasteiger partial charge in [0.15, 0.2) is 0 Å². The van der Waals surface area contributed by atoms with Gasteiger partial charge in [-0.3, -0.25) is 9.59 Å². The molecular formula is C19H14F3N3O3. The van der Waals surface area contributed by atoms with Crippen LogP contribution in [0.5, 0.6) is 5.75 Å². The molecule has 0 radical (unpaired) electrons. The predicted octanol–water partition coefficient (Wildman–Crippen LogP) is 3.74. The van der Waals surface area contributed by atoms with Gasteiger partial charge in [-0.2, -0.15) is 18.4 Å². The fourth-order valence-electron chi connectivity index (χ4n) is 2.12. The standard InChI is InChI=1S/C19H14F3N3O3/c1-28-16-7-3-6-15(10-16)24-17(26)13(11-23)8-12-4-2-5-14(9-12)25-18(27)19(20,21)22/h2-10H,1H3,(H,24,26)(H,25,27)/b13-8+. The summed E-state index contributed by atoms with van der Waals surface area (Å²) in [6.07, 6.45) is -3.83. The van der Waals surface area contributed by atoms with Crippen molar-refractivity contribution in [2.75, 3.05) is 17.7 Å². The van der Waals surface area contributed by atoms with Crippen LogP contribution in [0.15, 0.2) is 54.1 Å². The number of alkyl halides is 3. The van der Waals surface area contributed by atoms with E-state index in [1.54, 1.807) is 35.7 Å². The Morgan fingerprint density at radius 1 is 1.07 bits per heavy atom. The van der Waals surface area contributed by atoms with Crippen molar-refractivity contribution in [2.45, 2.75) is 6.18 Å². The van der Waals surface area contributed by atoms with E-state index < -0.39 is 18.0 Å². The van der Waals surface area contributed by atoms with Crippen LogP contribution in [-0.4, -0.2) is 25.1 Å². The molecule has 9 heteroatoms. The zero-order chi connectivity index (χ0) is 20.7. The Balaban J connectivity index is 2.19. The molecule has 2 aromatic carbocycles. The molecule has 0 aliphatic heterocycles. The Kier molecular flexibility index (Phi) is 6.39. The highest BCUT2D eigenvalue weighted by molar-refractivity contribution is 6.09. The number of anilines is 2. The van der Waals surface area contributed by atoms with Gasteiger partial charge in [-0.25, -0.2) is 0 Å². The summed E-state index contributed by atoms with van der Waals surface area (Å²) < 4.78 is 42.1. The van der Waals surface area contributed by atoms with Crippen LogP contribution >= 0.6 is 0 Å². The highest BCUT2D eigenvalue weighted by Gasteiger charge is 2.38. The van der Waals surface area contributed by atoms with Crippen LogP contribution in [0.1, 0.15) is 5.56 Å². The third-order valence-corrected chi connectivity index (χ3v) is 3.41. The van der Waals surface area contributed by atoms with E-state index in [2.05, 4.69) is 5.32 Å². The minimum Gasteiger partial charge on any atom is -0.497 e. The first kappa shape index (κ1) is 20.5. The molecule has 0 bridgehead atoms. The Morgan fingerprint density at radius 2 is 1.71 bits per heavy atom. The number of nitrogens with one attached hydrogen (secondary N) is 2. The number of amides is 2. The van der Waals surface area contributed by atoms with Gasteiger partial charge in [-0.05, 0) is 35.9 Å². The summed E-state index contributed by atoms with van der Waals surface area (Å²) >= 11 is 0. The van der Waals surface area contributed by atoms with Gasteiger partial charge < -0.3 is 15.4 Å². The maximum Gasteiger partial charge on any atom is 0.471 e. The van der Waals surface area contributed by atoms with Gasteiger partial charge >= 0.3 is 12.1 Å². The summed E-state index contributed by atoms with van der Waals surface area (Å²) in [4.78, 5) is 23.3. The molecule has 0 atom stereocenters. The highest BCUT2D eigenvalue weighted by Crippen LogP contribution is 2.21. The lowest BCUT2D eigenvalue weighted by atomic mass is 10.1. The summed E-state index contributed by atoms with van der Waals surface area (Å²) in [5, 5.41) is 13.5. The number of hydrogen-bond donors (Lipinski definition) is 2. The zero-order valence-electron chi connectivity index (χ0n) is 14.5. The fourth-order valence-corrected chi connectivity index (χ4v) is 2.12. The average Bonchev–Trinajstić information content (AvgIpc) is 2.65. The number of nitrogens with zero attached hydrogens (tertiary/aromatic N) is 1. The number of halogens is 3. The van der Waals surface area contributed by atoms with Gasteiger partial charge in [0.25, 0.3) is 5.91 Å². The molecule has 0 fully saturated rings. The van der Waals surface area contributed by atoms with Crippen LogP contribution in [0.25, 0.3) is 6.08 Å². The molecule has 0 aromatic heterocycles. The predicted molar refractivity (Wildman–Crippen MR) is 96.3 cm³/mol. The van der Waals surface area contributed by atoms with Crippen molar-refractivity contribution in [3.63, 3.8) is 0 Å². The average molecular weight is 389 g/mol. The van der Waals surface area contributed by atoms with E-state index in [0.717, 1.165) is 0 Å². The maximum atomic E-state index is 12.3. The lowest BCUT2D eigenvalue weighted by Gasteiger charge is -2.09. The Morgan fingerprint density at radius 3 is 2.32 bits per heavy atom.